The molecule has 2 saturated heterocycles. The molecule has 24 heavy (non-hydrogen) atoms. The molecule has 1 atom stereocenters. The second-order valence-corrected chi connectivity index (χ2v) is 7.14. The molecule has 1 N–H and O–H groups in total. The second-order valence-electron chi connectivity index (χ2n) is 5.91. The van der Waals surface area contributed by atoms with Crippen LogP contribution in [-0.4, -0.2) is 58.9 Å². The van der Waals surface area contributed by atoms with Crippen LogP contribution in [-0.2, 0) is 4.79 Å². The number of rotatable bonds is 2. The lowest BCUT2D eigenvalue weighted by Gasteiger charge is -2.32. The third-order valence-electron chi connectivity index (χ3n) is 4.36. The zero-order chi connectivity index (χ0) is 16.9. The van der Waals surface area contributed by atoms with Crippen LogP contribution in [0.5, 0.6) is 0 Å². The molecule has 7 heteroatoms. The zero-order valence-corrected chi connectivity index (χ0v) is 14.2. The number of thioether (sulfide) groups is 1. The van der Waals surface area contributed by atoms with Crippen LogP contribution in [0.4, 0.5) is 10.5 Å². The van der Waals surface area contributed by atoms with Gasteiger partial charge in [0.25, 0.3) is 0 Å². The molecule has 0 spiro atoms. The highest BCUT2D eigenvalue weighted by Crippen LogP contribution is 2.22. The summed E-state index contributed by atoms with van der Waals surface area (Å²) < 4.78 is 0. The average molecular weight is 344 g/mol. The van der Waals surface area contributed by atoms with Crippen molar-refractivity contribution in [3.05, 3.63) is 29.8 Å². The van der Waals surface area contributed by atoms with Crippen LogP contribution in [0.3, 0.4) is 0 Å². The number of amides is 3. The molecular formula is C17H20N4O2S. The van der Waals surface area contributed by atoms with Gasteiger partial charge in [-0.2, -0.15) is 17.0 Å². The van der Waals surface area contributed by atoms with Crippen LogP contribution in [0, 0.1) is 11.3 Å². The number of nitriles is 1. The van der Waals surface area contributed by atoms with E-state index in [4.69, 9.17) is 5.26 Å². The normalized spacial score (nSPS) is 20.5. The quantitative estimate of drug-likeness (QED) is 0.892. The molecular weight excluding hydrogens is 324 g/mol. The van der Waals surface area contributed by atoms with E-state index in [9.17, 15) is 9.59 Å². The topological polar surface area (TPSA) is 76.4 Å². The van der Waals surface area contributed by atoms with Crippen molar-refractivity contribution in [1.29, 1.82) is 5.26 Å². The number of hydrogen-bond acceptors (Lipinski definition) is 4. The van der Waals surface area contributed by atoms with Crippen molar-refractivity contribution in [1.82, 2.24) is 9.80 Å². The van der Waals surface area contributed by atoms with E-state index >= 15 is 0 Å². The van der Waals surface area contributed by atoms with Crippen molar-refractivity contribution in [3.8, 4) is 6.07 Å². The van der Waals surface area contributed by atoms with Crippen molar-refractivity contribution in [3.63, 3.8) is 0 Å². The number of nitrogens with one attached hydrogen (secondary N) is 1. The van der Waals surface area contributed by atoms with Crippen LogP contribution in [0.1, 0.15) is 18.4 Å². The second kappa shape index (κ2) is 7.58. The Kier molecular flexibility index (Phi) is 5.26. The summed E-state index contributed by atoms with van der Waals surface area (Å²) in [6.45, 7) is 2.11. The van der Waals surface area contributed by atoms with E-state index in [1.165, 1.54) is 0 Å². The van der Waals surface area contributed by atoms with Crippen LogP contribution in [0.25, 0.3) is 0 Å². The highest BCUT2D eigenvalue weighted by atomic mass is 32.2. The summed E-state index contributed by atoms with van der Waals surface area (Å²) in [6, 6.07) is 8.20. The molecule has 0 aromatic heterocycles. The highest BCUT2D eigenvalue weighted by Gasteiger charge is 2.36. The number of likely N-dealkylation sites (tertiary alicyclic amines) is 1. The molecule has 126 valence electrons. The molecule has 2 aliphatic heterocycles. The molecule has 2 fully saturated rings. The summed E-state index contributed by atoms with van der Waals surface area (Å²) in [5.41, 5.74) is 1.07. The van der Waals surface area contributed by atoms with Gasteiger partial charge in [-0.1, -0.05) is 6.07 Å². The molecule has 0 radical (unpaired) electrons. The molecule has 1 aromatic carbocycles. The molecule has 0 unspecified atom stereocenters. The van der Waals surface area contributed by atoms with Crippen molar-refractivity contribution >= 4 is 29.4 Å². The first-order valence-corrected chi connectivity index (χ1v) is 9.29. The number of nitrogens with zero attached hydrogens (tertiary/aromatic N) is 3. The summed E-state index contributed by atoms with van der Waals surface area (Å²) in [6.07, 6.45) is 1.55. The molecule has 0 aliphatic carbocycles. The Bertz CT molecular complexity index is 667. The van der Waals surface area contributed by atoms with Crippen LogP contribution < -0.4 is 5.32 Å². The number of benzene rings is 1. The molecule has 3 amide bonds. The van der Waals surface area contributed by atoms with Crippen molar-refractivity contribution in [2.24, 2.45) is 0 Å². The molecule has 2 aliphatic rings. The maximum Gasteiger partial charge on any atom is 0.322 e. The van der Waals surface area contributed by atoms with Gasteiger partial charge >= 0.3 is 6.03 Å². The maximum absolute atomic E-state index is 12.7. The van der Waals surface area contributed by atoms with E-state index in [1.807, 2.05) is 16.7 Å². The van der Waals surface area contributed by atoms with Gasteiger partial charge in [0.2, 0.25) is 5.91 Å². The van der Waals surface area contributed by atoms with E-state index < -0.39 is 0 Å². The van der Waals surface area contributed by atoms with Gasteiger partial charge in [-0.05, 0) is 31.0 Å². The number of urea groups is 1. The summed E-state index contributed by atoms with van der Waals surface area (Å²) in [5, 5.41) is 11.7. The summed E-state index contributed by atoms with van der Waals surface area (Å²) in [5.74, 6) is 1.99. The van der Waals surface area contributed by atoms with E-state index in [0.717, 1.165) is 31.0 Å². The Morgan fingerprint density at radius 1 is 1.25 bits per heavy atom. The first-order chi connectivity index (χ1) is 11.7. The lowest BCUT2D eigenvalue weighted by atomic mass is 10.2. The molecule has 1 aromatic rings. The Morgan fingerprint density at radius 3 is 2.79 bits per heavy atom. The van der Waals surface area contributed by atoms with Crippen LogP contribution in [0.15, 0.2) is 24.3 Å². The fourth-order valence-corrected chi connectivity index (χ4v) is 4.03. The predicted molar refractivity (Wildman–Crippen MR) is 93.8 cm³/mol. The largest absolute Gasteiger partial charge is 0.339 e. The fourth-order valence-electron chi connectivity index (χ4n) is 3.12. The fraction of sp³-hybridized carbons (Fsp3) is 0.471. The molecule has 6 nitrogen and oxygen atoms in total. The average Bonchev–Trinajstić information content (AvgIpc) is 3.12. The minimum atomic E-state index is -0.368. The van der Waals surface area contributed by atoms with E-state index in [-0.39, 0.29) is 18.0 Å². The Balaban J connectivity index is 1.66. The van der Waals surface area contributed by atoms with Gasteiger partial charge in [0.05, 0.1) is 11.6 Å². The standard InChI is InChI=1S/C17H20N4O2S/c18-12-13-3-1-4-14(11-13)19-17(23)21-6-2-5-15(21)16(22)20-7-9-24-10-8-20/h1,3-4,11,15H,2,5-10H2,(H,19,23)/t15-/m1/s1. The van der Waals surface area contributed by atoms with Gasteiger partial charge in [0.15, 0.2) is 0 Å². The lowest BCUT2D eigenvalue weighted by molar-refractivity contribution is -0.134. The van der Waals surface area contributed by atoms with Gasteiger partial charge in [-0.25, -0.2) is 4.79 Å². The van der Waals surface area contributed by atoms with Gasteiger partial charge in [-0.3, -0.25) is 4.79 Å². The van der Waals surface area contributed by atoms with Crippen molar-refractivity contribution in [2.75, 3.05) is 36.5 Å². The Morgan fingerprint density at radius 2 is 2.04 bits per heavy atom. The smallest absolute Gasteiger partial charge is 0.322 e. The van der Waals surface area contributed by atoms with E-state index in [0.29, 0.717) is 24.2 Å². The van der Waals surface area contributed by atoms with Gasteiger partial charge in [-0.15, -0.1) is 0 Å². The third kappa shape index (κ3) is 3.65. The number of anilines is 1. The summed E-state index contributed by atoms with van der Waals surface area (Å²) in [7, 11) is 0. The molecule has 3 rings (SSSR count). The van der Waals surface area contributed by atoms with Crippen molar-refractivity contribution in [2.45, 2.75) is 18.9 Å². The van der Waals surface area contributed by atoms with Gasteiger partial charge < -0.3 is 15.1 Å². The minimum Gasteiger partial charge on any atom is -0.339 e. The summed E-state index contributed by atoms with van der Waals surface area (Å²) in [4.78, 5) is 28.8. The van der Waals surface area contributed by atoms with Crippen LogP contribution >= 0.6 is 11.8 Å². The Labute approximate surface area is 145 Å². The number of carbonyl (C=O) groups excluding carboxylic acids is 2. The molecule has 0 saturated carbocycles. The molecule has 2 heterocycles. The van der Waals surface area contributed by atoms with Crippen molar-refractivity contribution < 1.29 is 9.59 Å². The maximum atomic E-state index is 12.7. The zero-order valence-electron chi connectivity index (χ0n) is 13.4. The summed E-state index contributed by atoms with van der Waals surface area (Å²) >= 11 is 1.86. The van der Waals surface area contributed by atoms with E-state index in [2.05, 4.69) is 11.4 Å². The highest BCUT2D eigenvalue weighted by molar-refractivity contribution is 7.99. The Hall–Kier alpha value is -2.20. The first kappa shape index (κ1) is 16.7. The van der Waals surface area contributed by atoms with Gasteiger partial charge in [0.1, 0.15) is 6.04 Å². The van der Waals surface area contributed by atoms with Crippen LogP contribution in [0.2, 0.25) is 0 Å². The van der Waals surface area contributed by atoms with E-state index in [1.54, 1.807) is 29.2 Å². The SMILES string of the molecule is N#Cc1cccc(NC(=O)N2CCC[C@@H]2C(=O)N2CCSCC2)c1. The number of hydrogen-bond donors (Lipinski definition) is 1. The minimum absolute atomic E-state index is 0.0636. The lowest BCUT2D eigenvalue weighted by Crippen LogP contribution is -2.51. The first-order valence-electron chi connectivity index (χ1n) is 8.13. The monoisotopic (exact) mass is 344 g/mol. The van der Waals surface area contributed by atoms with Gasteiger partial charge in [0, 0.05) is 36.8 Å². The third-order valence-corrected chi connectivity index (χ3v) is 5.31. The predicted octanol–water partition coefficient (Wildman–Crippen LogP) is 2.13. The number of carbonyl (C=O) groups is 2. The molecule has 0 bridgehead atoms.